The van der Waals surface area contributed by atoms with Crippen molar-refractivity contribution in [3.8, 4) is 17.2 Å². The molecule has 0 fully saturated rings. The number of hydrogen-bond acceptors (Lipinski definition) is 4. The fourth-order valence-corrected chi connectivity index (χ4v) is 2.82. The van der Waals surface area contributed by atoms with Crippen molar-refractivity contribution in [2.45, 2.75) is 6.61 Å². The lowest BCUT2D eigenvalue weighted by atomic mass is 10.1. The van der Waals surface area contributed by atoms with Crippen LogP contribution in [0.5, 0.6) is 17.2 Å². The van der Waals surface area contributed by atoms with Crippen molar-refractivity contribution in [2.75, 3.05) is 14.2 Å². The van der Waals surface area contributed by atoms with Gasteiger partial charge in [-0.1, -0.05) is 24.3 Å². The lowest BCUT2D eigenvalue weighted by Gasteiger charge is -2.11. The highest BCUT2D eigenvalue weighted by molar-refractivity contribution is 6.08. The zero-order valence-corrected chi connectivity index (χ0v) is 16.2. The van der Waals surface area contributed by atoms with Gasteiger partial charge in [0, 0.05) is 5.56 Å². The summed E-state index contributed by atoms with van der Waals surface area (Å²) in [4.78, 5) is 12.5. The average Bonchev–Trinajstić information content (AvgIpc) is 2.77. The van der Waals surface area contributed by atoms with E-state index in [0.29, 0.717) is 22.8 Å². The van der Waals surface area contributed by atoms with Crippen molar-refractivity contribution in [1.29, 1.82) is 0 Å². The van der Waals surface area contributed by atoms with Crippen LogP contribution in [-0.4, -0.2) is 20.0 Å². The Balaban J connectivity index is 1.76. The van der Waals surface area contributed by atoms with Gasteiger partial charge in [0.25, 0.3) is 0 Å². The fraction of sp³-hybridized carbons (Fsp3) is 0.125. The molecule has 0 saturated carbocycles. The van der Waals surface area contributed by atoms with Crippen LogP contribution in [0.4, 0.5) is 4.39 Å². The number of ketones is 1. The number of hydrogen-bond donors (Lipinski definition) is 0. The highest BCUT2D eigenvalue weighted by Crippen LogP contribution is 2.24. The second-order valence-corrected chi connectivity index (χ2v) is 6.21. The minimum atomic E-state index is -0.318. The topological polar surface area (TPSA) is 44.8 Å². The first-order chi connectivity index (χ1) is 14.1. The number of methoxy groups -OCH3 is 2. The highest BCUT2D eigenvalue weighted by Gasteiger charge is 2.09. The van der Waals surface area contributed by atoms with Crippen LogP contribution in [0, 0.1) is 5.82 Å². The molecule has 3 rings (SSSR count). The zero-order chi connectivity index (χ0) is 20.6. The third-order valence-electron chi connectivity index (χ3n) is 4.31. The van der Waals surface area contributed by atoms with Crippen LogP contribution in [0.15, 0.2) is 72.8 Å². The van der Waals surface area contributed by atoms with Crippen molar-refractivity contribution < 1.29 is 23.4 Å². The van der Waals surface area contributed by atoms with E-state index in [1.165, 1.54) is 25.3 Å². The molecule has 0 aliphatic carbocycles. The molecule has 4 nitrogen and oxygen atoms in total. The SMILES string of the molecule is COc1ccc(/C=C/C(=O)c2ccccc2OC)cc1COc1ccc(F)cc1. The van der Waals surface area contributed by atoms with Crippen LogP contribution in [0.3, 0.4) is 0 Å². The Kier molecular flexibility index (Phi) is 6.63. The molecule has 0 unspecified atom stereocenters. The predicted molar refractivity (Wildman–Crippen MR) is 110 cm³/mol. The maximum Gasteiger partial charge on any atom is 0.189 e. The Hall–Kier alpha value is -3.60. The second-order valence-electron chi connectivity index (χ2n) is 6.21. The molecular formula is C24H21FO4. The van der Waals surface area contributed by atoms with Crippen molar-refractivity contribution in [3.63, 3.8) is 0 Å². The van der Waals surface area contributed by atoms with Gasteiger partial charge in [0.05, 0.1) is 19.8 Å². The van der Waals surface area contributed by atoms with Crippen LogP contribution in [0.2, 0.25) is 0 Å². The number of para-hydroxylation sites is 1. The van der Waals surface area contributed by atoms with Gasteiger partial charge in [-0.25, -0.2) is 4.39 Å². The van der Waals surface area contributed by atoms with Crippen LogP contribution >= 0.6 is 0 Å². The van der Waals surface area contributed by atoms with Crippen molar-refractivity contribution in [1.82, 2.24) is 0 Å². The maximum atomic E-state index is 13.0. The number of halogens is 1. The van der Waals surface area contributed by atoms with E-state index < -0.39 is 0 Å². The molecule has 3 aromatic rings. The second kappa shape index (κ2) is 9.55. The Morgan fingerprint density at radius 1 is 0.931 bits per heavy atom. The summed E-state index contributed by atoms with van der Waals surface area (Å²) in [6, 6.07) is 18.5. The van der Waals surface area contributed by atoms with E-state index in [2.05, 4.69) is 0 Å². The zero-order valence-electron chi connectivity index (χ0n) is 16.2. The minimum Gasteiger partial charge on any atom is -0.496 e. The lowest BCUT2D eigenvalue weighted by Crippen LogP contribution is -2.00. The molecule has 148 valence electrons. The summed E-state index contributed by atoms with van der Waals surface area (Å²) in [5.74, 6) is 1.29. The maximum absolute atomic E-state index is 13.0. The smallest absolute Gasteiger partial charge is 0.189 e. The first-order valence-corrected chi connectivity index (χ1v) is 9.01. The van der Waals surface area contributed by atoms with E-state index in [0.717, 1.165) is 11.1 Å². The van der Waals surface area contributed by atoms with Crippen molar-refractivity contribution in [2.24, 2.45) is 0 Å². The molecule has 0 spiro atoms. The Morgan fingerprint density at radius 3 is 2.38 bits per heavy atom. The standard InChI is InChI=1S/C24H21FO4/c1-27-23-14-8-17(7-13-22(26)21-5-3-4-6-24(21)28-2)15-18(23)16-29-20-11-9-19(25)10-12-20/h3-15H,16H2,1-2H3/b13-7+. The lowest BCUT2D eigenvalue weighted by molar-refractivity contribution is 0.104. The third kappa shape index (κ3) is 5.23. The number of allylic oxidation sites excluding steroid dienone is 1. The van der Waals surface area contributed by atoms with Crippen LogP contribution in [-0.2, 0) is 6.61 Å². The quantitative estimate of drug-likeness (QED) is 0.385. The number of carbonyl (C=O) groups is 1. The summed E-state index contributed by atoms with van der Waals surface area (Å²) in [7, 11) is 3.12. The van der Waals surface area contributed by atoms with Gasteiger partial charge < -0.3 is 14.2 Å². The van der Waals surface area contributed by atoms with E-state index in [4.69, 9.17) is 14.2 Å². The van der Waals surface area contributed by atoms with E-state index in [1.54, 1.807) is 43.5 Å². The summed E-state index contributed by atoms with van der Waals surface area (Å²) in [5.41, 5.74) is 2.13. The molecule has 0 amide bonds. The Labute approximate surface area is 169 Å². The first kappa shape index (κ1) is 20.1. The van der Waals surface area contributed by atoms with E-state index in [9.17, 15) is 9.18 Å². The van der Waals surface area contributed by atoms with E-state index in [-0.39, 0.29) is 18.2 Å². The van der Waals surface area contributed by atoms with Gasteiger partial charge in [-0.3, -0.25) is 4.79 Å². The molecule has 3 aromatic carbocycles. The monoisotopic (exact) mass is 392 g/mol. The predicted octanol–water partition coefficient (Wildman–Crippen LogP) is 5.32. The third-order valence-corrected chi connectivity index (χ3v) is 4.31. The molecule has 0 aliphatic heterocycles. The molecule has 0 bridgehead atoms. The van der Waals surface area contributed by atoms with Gasteiger partial charge in [0.1, 0.15) is 29.7 Å². The summed E-state index contributed by atoms with van der Waals surface area (Å²) in [6.45, 7) is 0.247. The molecule has 5 heteroatoms. The van der Waals surface area contributed by atoms with E-state index in [1.807, 2.05) is 24.3 Å². The van der Waals surface area contributed by atoms with Gasteiger partial charge in [0.2, 0.25) is 0 Å². The molecule has 0 radical (unpaired) electrons. The highest BCUT2D eigenvalue weighted by atomic mass is 19.1. The molecular weight excluding hydrogens is 371 g/mol. The number of carbonyl (C=O) groups excluding carboxylic acids is 1. The van der Waals surface area contributed by atoms with Crippen molar-refractivity contribution in [3.05, 3.63) is 95.3 Å². The molecule has 0 atom stereocenters. The fourth-order valence-electron chi connectivity index (χ4n) is 2.82. The van der Waals surface area contributed by atoms with Crippen LogP contribution in [0.1, 0.15) is 21.5 Å². The van der Waals surface area contributed by atoms with Gasteiger partial charge >= 0.3 is 0 Å². The largest absolute Gasteiger partial charge is 0.496 e. The first-order valence-electron chi connectivity index (χ1n) is 9.01. The number of ether oxygens (including phenoxy) is 3. The van der Waals surface area contributed by atoms with E-state index >= 15 is 0 Å². The summed E-state index contributed by atoms with van der Waals surface area (Å²) in [6.07, 6.45) is 3.24. The molecule has 0 aliphatic rings. The average molecular weight is 392 g/mol. The Morgan fingerprint density at radius 2 is 1.66 bits per heavy atom. The molecule has 0 saturated heterocycles. The molecule has 0 aromatic heterocycles. The molecule has 0 heterocycles. The van der Waals surface area contributed by atoms with Crippen molar-refractivity contribution >= 4 is 11.9 Å². The summed E-state index contributed by atoms with van der Waals surface area (Å²) in [5, 5.41) is 0. The van der Waals surface area contributed by atoms with Gasteiger partial charge in [-0.15, -0.1) is 0 Å². The van der Waals surface area contributed by atoms with Gasteiger partial charge in [-0.2, -0.15) is 0 Å². The molecule has 29 heavy (non-hydrogen) atoms. The normalized spacial score (nSPS) is 10.7. The van der Waals surface area contributed by atoms with Crippen LogP contribution < -0.4 is 14.2 Å². The van der Waals surface area contributed by atoms with Crippen LogP contribution in [0.25, 0.3) is 6.08 Å². The number of rotatable bonds is 8. The van der Waals surface area contributed by atoms with Gasteiger partial charge in [0.15, 0.2) is 5.78 Å². The summed E-state index contributed by atoms with van der Waals surface area (Å²) >= 11 is 0. The summed E-state index contributed by atoms with van der Waals surface area (Å²) < 4.78 is 29.4. The Bertz CT molecular complexity index is 1010. The minimum absolute atomic E-state index is 0.151. The molecule has 0 N–H and O–H groups in total. The van der Waals surface area contributed by atoms with Gasteiger partial charge in [-0.05, 0) is 60.2 Å². The number of benzene rings is 3.